The summed E-state index contributed by atoms with van der Waals surface area (Å²) in [6.07, 6.45) is 1.65. The van der Waals surface area contributed by atoms with E-state index in [9.17, 15) is 9.59 Å². The van der Waals surface area contributed by atoms with Crippen molar-refractivity contribution in [1.29, 1.82) is 0 Å². The number of carbonyl (C=O) groups is 2. The summed E-state index contributed by atoms with van der Waals surface area (Å²) in [5, 5.41) is 18.0. The van der Waals surface area contributed by atoms with Gasteiger partial charge in [-0.1, -0.05) is 0 Å². The van der Waals surface area contributed by atoms with Gasteiger partial charge in [0.15, 0.2) is 0 Å². The van der Waals surface area contributed by atoms with Crippen molar-refractivity contribution in [2.45, 2.75) is 12.8 Å². The summed E-state index contributed by atoms with van der Waals surface area (Å²) in [7, 11) is 0. The summed E-state index contributed by atoms with van der Waals surface area (Å²) in [5.74, 6) is -1.16. The molecule has 2 N–H and O–H groups in total. The summed E-state index contributed by atoms with van der Waals surface area (Å²) < 4.78 is 0. The fourth-order valence-corrected chi connectivity index (χ4v) is 1.61. The molecule has 0 radical (unpaired) electrons. The van der Waals surface area contributed by atoms with Crippen LogP contribution < -0.4 is 4.90 Å². The highest BCUT2D eigenvalue weighted by Crippen LogP contribution is 2.33. The normalized spacial score (nSPS) is 14.4. The molecule has 1 aromatic carbocycles. The predicted molar refractivity (Wildman–Crippen MR) is 60.8 cm³/mol. The Labute approximate surface area is 98.3 Å². The van der Waals surface area contributed by atoms with Gasteiger partial charge in [-0.3, -0.25) is 9.59 Å². The molecule has 1 aromatic rings. The number of aliphatic carboxylic acids is 1. The van der Waals surface area contributed by atoms with Gasteiger partial charge in [-0.05, 0) is 37.1 Å². The first kappa shape index (κ1) is 11.4. The van der Waals surface area contributed by atoms with Crippen molar-refractivity contribution in [3.05, 3.63) is 24.3 Å². The van der Waals surface area contributed by atoms with Crippen LogP contribution in [0, 0.1) is 5.92 Å². The van der Waals surface area contributed by atoms with Crippen molar-refractivity contribution in [2.24, 2.45) is 5.92 Å². The number of anilines is 1. The molecule has 1 amide bonds. The van der Waals surface area contributed by atoms with Crippen LogP contribution in [0.4, 0.5) is 5.69 Å². The number of phenolic OH excluding ortho intramolecular Hbond substituents is 1. The maximum Gasteiger partial charge on any atom is 0.323 e. The Morgan fingerprint density at radius 3 is 2.29 bits per heavy atom. The van der Waals surface area contributed by atoms with Crippen molar-refractivity contribution >= 4 is 17.6 Å². The van der Waals surface area contributed by atoms with E-state index >= 15 is 0 Å². The van der Waals surface area contributed by atoms with Crippen LogP contribution in [0.3, 0.4) is 0 Å². The van der Waals surface area contributed by atoms with Gasteiger partial charge < -0.3 is 15.1 Å². The lowest BCUT2D eigenvalue weighted by atomic mass is 10.2. The van der Waals surface area contributed by atoms with Crippen LogP contribution in [0.5, 0.6) is 5.75 Å². The third kappa shape index (κ3) is 2.75. The first-order valence-electron chi connectivity index (χ1n) is 5.40. The van der Waals surface area contributed by atoms with Gasteiger partial charge in [0.2, 0.25) is 5.91 Å². The van der Waals surface area contributed by atoms with E-state index in [0.717, 1.165) is 12.8 Å². The average molecular weight is 235 g/mol. The number of amides is 1. The minimum absolute atomic E-state index is 0.0387. The van der Waals surface area contributed by atoms with Gasteiger partial charge in [-0.15, -0.1) is 0 Å². The maximum absolute atomic E-state index is 11.9. The van der Waals surface area contributed by atoms with Crippen LogP contribution in [-0.2, 0) is 9.59 Å². The lowest BCUT2D eigenvalue weighted by Crippen LogP contribution is -2.36. The van der Waals surface area contributed by atoms with Crippen molar-refractivity contribution in [3.8, 4) is 5.75 Å². The Kier molecular flexibility index (Phi) is 2.99. The highest BCUT2D eigenvalue weighted by Gasteiger charge is 2.34. The fourth-order valence-electron chi connectivity index (χ4n) is 1.61. The van der Waals surface area contributed by atoms with Gasteiger partial charge >= 0.3 is 5.97 Å². The van der Waals surface area contributed by atoms with Crippen LogP contribution in [0.15, 0.2) is 24.3 Å². The van der Waals surface area contributed by atoms with Gasteiger partial charge in [0.1, 0.15) is 12.3 Å². The molecule has 0 spiro atoms. The molecule has 0 aliphatic heterocycles. The molecule has 1 aliphatic rings. The highest BCUT2D eigenvalue weighted by atomic mass is 16.4. The van der Waals surface area contributed by atoms with E-state index < -0.39 is 5.97 Å². The number of rotatable bonds is 4. The SMILES string of the molecule is O=C(O)CN(C(=O)C1CC1)c1ccc(O)cc1. The van der Waals surface area contributed by atoms with E-state index in [1.165, 1.54) is 17.0 Å². The molecule has 0 atom stereocenters. The molecule has 1 fully saturated rings. The van der Waals surface area contributed by atoms with Crippen LogP contribution in [-0.4, -0.2) is 28.6 Å². The molecule has 0 saturated heterocycles. The minimum Gasteiger partial charge on any atom is -0.508 e. The van der Waals surface area contributed by atoms with E-state index in [4.69, 9.17) is 10.2 Å². The Morgan fingerprint density at radius 2 is 1.82 bits per heavy atom. The van der Waals surface area contributed by atoms with E-state index in [0.29, 0.717) is 5.69 Å². The number of carbonyl (C=O) groups excluding carboxylic acids is 1. The molecule has 17 heavy (non-hydrogen) atoms. The number of benzene rings is 1. The molecule has 2 rings (SSSR count). The molecular weight excluding hydrogens is 222 g/mol. The summed E-state index contributed by atoms with van der Waals surface area (Å²) >= 11 is 0. The Bertz CT molecular complexity index is 436. The number of carboxylic acid groups (broad SMARTS) is 1. The van der Waals surface area contributed by atoms with Crippen molar-refractivity contribution in [1.82, 2.24) is 0 Å². The third-order valence-electron chi connectivity index (χ3n) is 2.65. The molecule has 5 nitrogen and oxygen atoms in total. The zero-order chi connectivity index (χ0) is 12.4. The van der Waals surface area contributed by atoms with E-state index in [-0.39, 0.29) is 24.1 Å². The van der Waals surface area contributed by atoms with E-state index in [1.54, 1.807) is 12.1 Å². The summed E-state index contributed by atoms with van der Waals surface area (Å²) in [6, 6.07) is 5.95. The Balaban J connectivity index is 2.22. The number of hydrogen-bond donors (Lipinski definition) is 2. The molecule has 5 heteroatoms. The third-order valence-corrected chi connectivity index (χ3v) is 2.65. The Morgan fingerprint density at radius 1 is 1.24 bits per heavy atom. The van der Waals surface area contributed by atoms with Gasteiger partial charge in [0, 0.05) is 11.6 Å². The number of carboxylic acids is 1. The first-order chi connectivity index (χ1) is 8.08. The predicted octanol–water partition coefficient (Wildman–Crippen LogP) is 1.22. The average Bonchev–Trinajstić information content (AvgIpc) is 3.10. The number of phenols is 1. The highest BCUT2D eigenvalue weighted by molar-refractivity contribution is 5.99. The van der Waals surface area contributed by atoms with Crippen molar-refractivity contribution < 1.29 is 19.8 Å². The minimum atomic E-state index is -1.05. The maximum atomic E-state index is 11.9. The number of nitrogens with zero attached hydrogens (tertiary/aromatic N) is 1. The van der Waals surface area contributed by atoms with Crippen LogP contribution >= 0.6 is 0 Å². The molecule has 1 aliphatic carbocycles. The van der Waals surface area contributed by atoms with Gasteiger partial charge in [-0.2, -0.15) is 0 Å². The van der Waals surface area contributed by atoms with Crippen LogP contribution in [0.1, 0.15) is 12.8 Å². The fraction of sp³-hybridized carbons (Fsp3) is 0.333. The number of hydrogen-bond acceptors (Lipinski definition) is 3. The molecule has 90 valence electrons. The van der Waals surface area contributed by atoms with E-state index in [1.807, 2.05) is 0 Å². The van der Waals surface area contributed by atoms with Gasteiger partial charge in [-0.25, -0.2) is 0 Å². The first-order valence-corrected chi connectivity index (χ1v) is 5.40. The Hall–Kier alpha value is -2.04. The van der Waals surface area contributed by atoms with Crippen LogP contribution in [0.25, 0.3) is 0 Å². The second kappa shape index (κ2) is 4.45. The second-order valence-electron chi connectivity index (χ2n) is 4.11. The molecule has 0 bridgehead atoms. The topological polar surface area (TPSA) is 77.8 Å². The smallest absolute Gasteiger partial charge is 0.323 e. The monoisotopic (exact) mass is 235 g/mol. The molecule has 0 heterocycles. The van der Waals surface area contributed by atoms with E-state index in [2.05, 4.69) is 0 Å². The lowest BCUT2D eigenvalue weighted by Gasteiger charge is -2.20. The summed E-state index contributed by atoms with van der Waals surface area (Å²) in [6.45, 7) is -0.347. The van der Waals surface area contributed by atoms with Gasteiger partial charge in [0.25, 0.3) is 0 Å². The second-order valence-corrected chi connectivity index (χ2v) is 4.11. The number of aromatic hydroxyl groups is 1. The van der Waals surface area contributed by atoms with Crippen LogP contribution in [0.2, 0.25) is 0 Å². The zero-order valence-corrected chi connectivity index (χ0v) is 9.17. The standard InChI is InChI=1S/C12H13NO4/c14-10-5-3-9(4-6-10)13(7-11(15)16)12(17)8-1-2-8/h3-6,8,14H,1-2,7H2,(H,15,16). The van der Waals surface area contributed by atoms with Crippen molar-refractivity contribution in [3.63, 3.8) is 0 Å². The molecule has 0 aromatic heterocycles. The molecule has 1 saturated carbocycles. The summed E-state index contributed by atoms with van der Waals surface area (Å²) in [4.78, 5) is 23.9. The van der Waals surface area contributed by atoms with Crippen molar-refractivity contribution in [2.75, 3.05) is 11.4 Å². The lowest BCUT2D eigenvalue weighted by molar-refractivity contribution is -0.136. The molecule has 0 unspecified atom stereocenters. The molecular formula is C12H13NO4. The van der Waals surface area contributed by atoms with Gasteiger partial charge in [0.05, 0.1) is 0 Å². The summed E-state index contributed by atoms with van der Waals surface area (Å²) in [5.41, 5.74) is 0.502. The quantitative estimate of drug-likeness (QED) is 0.822. The largest absolute Gasteiger partial charge is 0.508 e. The zero-order valence-electron chi connectivity index (χ0n) is 9.17.